The Hall–Kier alpha value is -2.53. The third-order valence-corrected chi connectivity index (χ3v) is 7.34. The standard InChI is InChI=1S/C21H25F2N5O3S/c1-21(2)8-28-20(31-9-21)18(32(24,25)30)17(27-28)19(29)26-16-12-5-3-4-11(12)15(23)13-6-10(22)7-14(13)16/h10H,3-9H2,1-2H3,(H,26,29)(H3,24,25,30)/t10-/m0/s1. The molecule has 1 amide bonds. The third-order valence-electron chi connectivity index (χ3n) is 6.37. The minimum atomic E-state index is -3.83. The van der Waals surface area contributed by atoms with Crippen molar-refractivity contribution in [3.8, 4) is 5.88 Å². The summed E-state index contributed by atoms with van der Waals surface area (Å²) >= 11 is 0. The Morgan fingerprint density at radius 1 is 1.28 bits per heavy atom. The summed E-state index contributed by atoms with van der Waals surface area (Å²) in [5.41, 5.74) is 1.83. The van der Waals surface area contributed by atoms with Crippen LogP contribution in [0.25, 0.3) is 0 Å². The molecule has 1 aromatic carbocycles. The summed E-state index contributed by atoms with van der Waals surface area (Å²) in [6, 6.07) is 0. The maximum absolute atomic E-state index is 14.9. The van der Waals surface area contributed by atoms with Gasteiger partial charge in [-0.15, -0.1) is 0 Å². The fourth-order valence-electron chi connectivity index (χ4n) is 5.00. The van der Waals surface area contributed by atoms with Crippen LogP contribution in [0, 0.1) is 16.0 Å². The molecule has 0 saturated carbocycles. The molecule has 2 heterocycles. The number of anilines is 1. The number of ether oxygens (including phenoxy) is 1. The lowest BCUT2D eigenvalue weighted by Crippen LogP contribution is -2.33. The molecule has 3 aliphatic rings. The van der Waals surface area contributed by atoms with Crippen LogP contribution in [0.5, 0.6) is 5.88 Å². The average Bonchev–Trinajstić information content (AvgIpc) is 3.39. The van der Waals surface area contributed by atoms with Gasteiger partial charge in [-0.05, 0) is 41.5 Å². The summed E-state index contributed by atoms with van der Waals surface area (Å²) in [5.74, 6) is -1.04. The van der Waals surface area contributed by atoms with Crippen LogP contribution in [-0.4, -0.2) is 32.7 Å². The Kier molecular flexibility index (Phi) is 4.65. The fourth-order valence-corrected chi connectivity index (χ4v) is 5.84. The summed E-state index contributed by atoms with van der Waals surface area (Å²) in [6.45, 7) is 4.59. The number of alkyl halides is 1. The van der Waals surface area contributed by atoms with E-state index >= 15 is 0 Å². The molecule has 0 spiro atoms. The van der Waals surface area contributed by atoms with Crippen LogP contribution in [0.2, 0.25) is 0 Å². The van der Waals surface area contributed by atoms with Crippen molar-refractivity contribution < 1.29 is 22.5 Å². The van der Waals surface area contributed by atoms with Crippen LogP contribution in [0.1, 0.15) is 53.0 Å². The minimum absolute atomic E-state index is 0.0189. The summed E-state index contributed by atoms with van der Waals surface area (Å²) in [4.78, 5) is 13.1. The van der Waals surface area contributed by atoms with Crippen LogP contribution in [-0.2, 0) is 42.1 Å². The number of nitrogens with two attached hydrogens (primary N) is 1. The molecule has 11 heteroatoms. The van der Waals surface area contributed by atoms with Crippen molar-refractivity contribution in [3.63, 3.8) is 0 Å². The van der Waals surface area contributed by atoms with E-state index in [4.69, 9.17) is 14.7 Å². The van der Waals surface area contributed by atoms with Gasteiger partial charge in [0.15, 0.2) is 10.6 Å². The molecule has 1 aliphatic heterocycles. The average molecular weight is 466 g/mol. The molecular formula is C21H25F2N5O3S. The van der Waals surface area contributed by atoms with Crippen molar-refractivity contribution in [3.05, 3.63) is 33.8 Å². The van der Waals surface area contributed by atoms with E-state index in [1.807, 2.05) is 13.8 Å². The fraction of sp³-hybridized carbons (Fsp3) is 0.524. The number of nitrogens with one attached hydrogen (secondary N) is 2. The molecule has 2 aromatic rings. The smallest absolute Gasteiger partial charge is 0.277 e. The Labute approximate surface area is 184 Å². The van der Waals surface area contributed by atoms with E-state index in [9.17, 15) is 17.8 Å². The first kappa shape index (κ1) is 21.3. The van der Waals surface area contributed by atoms with E-state index in [1.54, 1.807) is 0 Å². The van der Waals surface area contributed by atoms with Gasteiger partial charge in [-0.25, -0.2) is 27.6 Å². The molecule has 2 atom stereocenters. The second-order valence-corrected chi connectivity index (χ2v) is 11.2. The van der Waals surface area contributed by atoms with Gasteiger partial charge < -0.3 is 10.1 Å². The van der Waals surface area contributed by atoms with E-state index in [-0.39, 0.29) is 40.5 Å². The summed E-state index contributed by atoms with van der Waals surface area (Å²) in [7, 11) is -3.83. The van der Waals surface area contributed by atoms with Gasteiger partial charge in [-0.2, -0.15) is 5.10 Å². The predicted molar refractivity (Wildman–Crippen MR) is 114 cm³/mol. The second-order valence-electron chi connectivity index (χ2n) is 9.61. The van der Waals surface area contributed by atoms with E-state index in [0.29, 0.717) is 53.9 Å². The van der Waals surface area contributed by atoms with E-state index in [1.165, 1.54) is 4.68 Å². The topological polar surface area (TPSA) is 123 Å². The van der Waals surface area contributed by atoms with Gasteiger partial charge >= 0.3 is 0 Å². The number of carbonyl (C=O) groups excluding carboxylic acids is 1. The van der Waals surface area contributed by atoms with Gasteiger partial charge in [0.25, 0.3) is 5.91 Å². The zero-order valence-electron chi connectivity index (χ0n) is 17.9. The molecule has 1 unspecified atom stereocenters. The summed E-state index contributed by atoms with van der Waals surface area (Å²) in [6.07, 6.45) is 0.637. The van der Waals surface area contributed by atoms with Gasteiger partial charge in [0.05, 0.1) is 13.2 Å². The number of aromatic nitrogens is 2. The number of hydrogen-bond donors (Lipinski definition) is 3. The van der Waals surface area contributed by atoms with Crippen molar-refractivity contribution >= 4 is 21.5 Å². The number of hydrogen-bond acceptors (Lipinski definition) is 5. The van der Waals surface area contributed by atoms with Gasteiger partial charge in [-0.1, -0.05) is 13.8 Å². The van der Waals surface area contributed by atoms with Crippen LogP contribution >= 0.6 is 0 Å². The summed E-state index contributed by atoms with van der Waals surface area (Å²) < 4.78 is 56.7. The van der Waals surface area contributed by atoms with Crippen LogP contribution in [0.4, 0.5) is 14.5 Å². The lowest BCUT2D eigenvalue weighted by molar-refractivity contribution is 0.0967. The number of carbonyl (C=O) groups is 1. The quantitative estimate of drug-likeness (QED) is 0.645. The number of rotatable bonds is 3. The SMILES string of the molecule is CC1(C)COc2c(S(=N)(N)=O)c(C(=O)Nc3c4c(c(F)c5c3C[C@@H](F)C5)CCC4)nn2C1. The van der Waals surface area contributed by atoms with Crippen LogP contribution < -0.4 is 15.2 Å². The predicted octanol–water partition coefficient (Wildman–Crippen LogP) is 2.90. The second kappa shape index (κ2) is 6.98. The van der Waals surface area contributed by atoms with Gasteiger partial charge in [-0.3, -0.25) is 4.79 Å². The van der Waals surface area contributed by atoms with Crippen molar-refractivity contribution in [2.45, 2.75) is 63.6 Å². The number of amides is 1. The number of benzene rings is 1. The maximum atomic E-state index is 14.9. The Morgan fingerprint density at radius 3 is 2.69 bits per heavy atom. The van der Waals surface area contributed by atoms with Crippen molar-refractivity contribution in [1.29, 1.82) is 4.78 Å². The molecule has 0 bridgehead atoms. The van der Waals surface area contributed by atoms with Crippen molar-refractivity contribution in [2.75, 3.05) is 11.9 Å². The molecule has 2 aliphatic carbocycles. The highest BCUT2D eigenvalue weighted by molar-refractivity contribution is 7.90. The molecule has 0 fully saturated rings. The molecule has 1 aromatic heterocycles. The maximum Gasteiger partial charge on any atom is 0.277 e. The molecule has 0 radical (unpaired) electrons. The highest BCUT2D eigenvalue weighted by Crippen LogP contribution is 2.42. The lowest BCUT2D eigenvalue weighted by atomic mass is 9.94. The van der Waals surface area contributed by atoms with Gasteiger partial charge in [0.2, 0.25) is 5.88 Å². The van der Waals surface area contributed by atoms with Gasteiger partial charge in [0, 0.05) is 23.9 Å². The van der Waals surface area contributed by atoms with E-state index in [0.717, 1.165) is 6.42 Å². The van der Waals surface area contributed by atoms with Crippen LogP contribution in [0.3, 0.4) is 0 Å². The molecule has 0 saturated heterocycles. The molecule has 5 rings (SSSR count). The Bertz CT molecular complexity index is 1270. The number of fused-ring (bicyclic) bond motifs is 3. The first-order chi connectivity index (χ1) is 15.0. The summed E-state index contributed by atoms with van der Waals surface area (Å²) in [5, 5.41) is 12.7. The zero-order valence-corrected chi connectivity index (χ0v) is 18.7. The Morgan fingerprint density at radius 2 is 1.97 bits per heavy atom. The van der Waals surface area contributed by atoms with Crippen molar-refractivity contribution in [2.24, 2.45) is 10.6 Å². The van der Waals surface area contributed by atoms with Crippen LogP contribution in [0.15, 0.2) is 4.90 Å². The first-order valence-corrected chi connectivity index (χ1v) is 12.2. The van der Waals surface area contributed by atoms with Gasteiger partial charge in [0.1, 0.15) is 21.9 Å². The first-order valence-electron chi connectivity index (χ1n) is 10.6. The Balaban J connectivity index is 1.60. The minimum Gasteiger partial charge on any atom is -0.476 e. The molecular weight excluding hydrogens is 440 g/mol. The molecule has 4 N–H and O–H groups in total. The number of nitrogens with zero attached hydrogens (tertiary/aromatic N) is 2. The highest BCUT2D eigenvalue weighted by Gasteiger charge is 2.38. The molecule has 8 nitrogen and oxygen atoms in total. The largest absolute Gasteiger partial charge is 0.476 e. The normalized spacial score (nSPS) is 22.5. The molecule has 172 valence electrons. The monoisotopic (exact) mass is 465 g/mol. The zero-order chi connectivity index (χ0) is 23.0. The highest BCUT2D eigenvalue weighted by atomic mass is 32.2. The third kappa shape index (κ3) is 3.29. The number of halogens is 2. The lowest BCUT2D eigenvalue weighted by Gasteiger charge is -2.30. The van der Waals surface area contributed by atoms with Crippen molar-refractivity contribution in [1.82, 2.24) is 9.78 Å². The molecule has 32 heavy (non-hydrogen) atoms. The van der Waals surface area contributed by atoms with E-state index in [2.05, 4.69) is 10.4 Å². The van der Waals surface area contributed by atoms with E-state index < -0.39 is 22.0 Å².